The Balaban J connectivity index is 2.87. The van der Waals surface area contributed by atoms with Crippen LogP contribution in [0.1, 0.15) is 5.56 Å². The SMILES string of the molecule is C=C(C(=N)N(C)N)c1ccccc1. The van der Waals surface area contributed by atoms with E-state index in [1.54, 1.807) is 7.05 Å². The predicted octanol–water partition coefficient (Wildman–Crippen LogP) is 1.48. The first kappa shape index (κ1) is 9.48. The van der Waals surface area contributed by atoms with Gasteiger partial charge in [-0.2, -0.15) is 0 Å². The van der Waals surface area contributed by atoms with Crippen LogP contribution in [0.15, 0.2) is 36.9 Å². The van der Waals surface area contributed by atoms with Crippen LogP contribution in [0.4, 0.5) is 0 Å². The molecule has 3 heteroatoms. The summed E-state index contributed by atoms with van der Waals surface area (Å²) in [7, 11) is 1.62. The molecule has 0 unspecified atom stereocenters. The third-order valence-corrected chi connectivity index (χ3v) is 1.76. The molecule has 0 aliphatic rings. The van der Waals surface area contributed by atoms with Crippen LogP contribution in [0.3, 0.4) is 0 Å². The van der Waals surface area contributed by atoms with Crippen molar-refractivity contribution in [2.24, 2.45) is 5.84 Å². The van der Waals surface area contributed by atoms with Crippen molar-refractivity contribution < 1.29 is 0 Å². The number of hydrogen-bond acceptors (Lipinski definition) is 2. The number of nitrogens with two attached hydrogens (primary N) is 1. The van der Waals surface area contributed by atoms with Gasteiger partial charge in [-0.1, -0.05) is 36.9 Å². The molecule has 3 nitrogen and oxygen atoms in total. The summed E-state index contributed by atoms with van der Waals surface area (Å²) in [5.41, 5.74) is 1.55. The third-order valence-electron chi connectivity index (χ3n) is 1.76. The predicted molar refractivity (Wildman–Crippen MR) is 55.2 cm³/mol. The van der Waals surface area contributed by atoms with E-state index < -0.39 is 0 Å². The number of hydrogen-bond donors (Lipinski definition) is 2. The highest BCUT2D eigenvalue weighted by Crippen LogP contribution is 2.12. The van der Waals surface area contributed by atoms with Gasteiger partial charge in [-0.05, 0) is 5.56 Å². The normalized spacial score (nSPS) is 9.38. The average molecular weight is 175 g/mol. The quantitative estimate of drug-likeness (QED) is 0.309. The zero-order chi connectivity index (χ0) is 9.84. The highest BCUT2D eigenvalue weighted by Gasteiger charge is 2.06. The topological polar surface area (TPSA) is 53.1 Å². The second kappa shape index (κ2) is 3.87. The first-order chi connectivity index (χ1) is 6.13. The lowest BCUT2D eigenvalue weighted by atomic mass is 10.1. The number of nitrogens with one attached hydrogen (secondary N) is 1. The van der Waals surface area contributed by atoms with Gasteiger partial charge in [-0.25, -0.2) is 5.84 Å². The van der Waals surface area contributed by atoms with Gasteiger partial charge in [0.05, 0.1) is 0 Å². The number of nitrogens with zero attached hydrogens (tertiary/aromatic N) is 1. The fraction of sp³-hybridized carbons (Fsp3) is 0.100. The van der Waals surface area contributed by atoms with E-state index in [9.17, 15) is 0 Å². The Hall–Kier alpha value is -1.61. The van der Waals surface area contributed by atoms with Crippen LogP contribution in [-0.2, 0) is 0 Å². The molecule has 0 aliphatic carbocycles. The van der Waals surface area contributed by atoms with E-state index in [0.29, 0.717) is 5.57 Å². The minimum absolute atomic E-state index is 0.228. The van der Waals surface area contributed by atoms with Gasteiger partial charge < -0.3 is 0 Å². The first-order valence-corrected chi connectivity index (χ1v) is 3.94. The number of likely N-dealkylation sites (N-methyl/N-ethyl adjacent to an activating group) is 1. The molecule has 3 N–H and O–H groups in total. The van der Waals surface area contributed by atoms with Gasteiger partial charge in [0.25, 0.3) is 0 Å². The fourth-order valence-corrected chi connectivity index (χ4v) is 0.989. The van der Waals surface area contributed by atoms with Gasteiger partial charge in [0.1, 0.15) is 5.84 Å². The second-order valence-electron chi connectivity index (χ2n) is 2.80. The zero-order valence-electron chi connectivity index (χ0n) is 7.62. The molecule has 13 heavy (non-hydrogen) atoms. The van der Waals surface area contributed by atoms with Crippen LogP contribution in [-0.4, -0.2) is 17.9 Å². The number of hydrazine groups is 1. The second-order valence-corrected chi connectivity index (χ2v) is 2.80. The van der Waals surface area contributed by atoms with Gasteiger partial charge >= 0.3 is 0 Å². The van der Waals surface area contributed by atoms with Crippen LogP contribution in [0.25, 0.3) is 5.57 Å². The molecule has 0 radical (unpaired) electrons. The lowest BCUT2D eigenvalue weighted by Crippen LogP contribution is -2.32. The van der Waals surface area contributed by atoms with Gasteiger partial charge in [0.15, 0.2) is 0 Å². The Morgan fingerprint density at radius 1 is 1.38 bits per heavy atom. The lowest BCUT2D eigenvalue weighted by Gasteiger charge is -2.15. The summed E-state index contributed by atoms with van der Waals surface area (Å²) in [5.74, 6) is 5.65. The van der Waals surface area contributed by atoms with Crippen LogP contribution >= 0.6 is 0 Å². The molecule has 0 saturated heterocycles. The van der Waals surface area contributed by atoms with E-state index in [1.165, 1.54) is 5.01 Å². The molecule has 0 atom stereocenters. The Morgan fingerprint density at radius 3 is 2.38 bits per heavy atom. The minimum atomic E-state index is 0.228. The molecular formula is C10H13N3. The molecule has 1 rings (SSSR count). The van der Waals surface area contributed by atoms with Crippen molar-refractivity contribution in [1.82, 2.24) is 5.01 Å². The van der Waals surface area contributed by atoms with Crippen molar-refractivity contribution in [2.45, 2.75) is 0 Å². The van der Waals surface area contributed by atoms with E-state index in [4.69, 9.17) is 11.3 Å². The van der Waals surface area contributed by atoms with Crippen LogP contribution in [0, 0.1) is 5.41 Å². The summed E-state index contributed by atoms with van der Waals surface area (Å²) in [4.78, 5) is 0. The molecule has 0 saturated carbocycles. The summed E-state index contributed by atoms with van der Waals surface area (Å²) in [6.07, 6.45) is 0. The number of amidine groups is 1. The molecule has 0 bridgehead atoms. The van der Waals surface area contributed by atoms with Crippen LogP contribution < -0.4 is 5.84 Å². The molecule has 0 aromatic heterocycles. The monoisotopic (exact) mass is 175 g/mol. The molecule has 0 spiro atoms. The maximum Gasteiger partial charge on any atom is 0.142 e. The van der Waals surface area contributed by atoms with Crippen LogP contribution in [0.2, 0.25) is 0 Å². The largest absolute Gasteiger partial charge is 0.298 e. The Bertz CT molecular complexity index is 314. The Morgan fingerprint density at radius 2 is 1.92 bits per heavy atom. The van der Waals surface area contributed by atoms with Crippen molar-refractivity contribution in [2.75, 3.05) is 7.05 Å². The summed E-state index contributed by atoms with van der Waals surface area (Å²) in [6, 6.07) is 9.54. The van der Waals surface area contributed by atoms with Crippen molar-refractivity contribution in [3.8, 4) is 0 Å². The van der Waals surface area contributed by atoms with E-state index in [-0.39, 0.29) is 5.84 Å². The smallest absolute Gasteiger partial charge is 0.142 e. The van der Waals surface area contributed by atoms with E-state index >= 15 is 0 Å². The lowest BCUT2D eigenvalue weighted by molar-refractivity contribution is 0.540. The van der Waals surface area contributed by atoms with Crippen molar-refractivity contribution in [3.05, 3.63) is 42.5 Å². The maximum absolute atomic E-state index is 7.59. The first-order valence-electron chi connectivity index (χ1n) is 3.94. The minimum Gasteiger partial charge on any atom is -0.298 e. The Labute approximate surface area is 78.0 Å². The van der Waals surface area contributed by atoms with Gasteiger partial charge in [0.2, 0.25) is 0 Å². The van der Waals surface area contributed by atoms with E-state index in [1.807, 2.05) is 30.3 Å². The molecule has 68 valence electrons. The number of rotatable bonds is 2. The molecule has 0 amide bonds. The van der Waals surface area contributed by atoms with Gasteiger partial charge in [0, 0.05) is 12.6 Å². The van der Waals surface area contributed by atoms with Crippen molar-refractivity contribution >= 4 is 11.4 Å². The summed E-state index contributed by atoms with van der Waals surface area (Å²) in [5, 5.41) is 8.83. The summed E-state index contributed by atoms with van der Waals surface area (Å²) in [6.45, 7) is 3.80. The summed E-state index contributed by atoms with van der Waals surface area (Å²) < 4.78 is 0. The molecule has 0 fully saturated rings. The van der Waals surface area contributed by atoms with Crippen LogP contribution in [0.5, 0.6) is 0 Å². The maximum atomic E-state index is 7.59. The van der Waals surface area contributed by atoms with Crippen molar-refractivity contribution in [1.29, 1.82) is 5.41 Å². The molecule has 0 aliphatic heterocycles. The van der Waals surface area contributed by atoms with E-state index in [0.717, 1.165) is 5.56 Å². The van der Waals surface area contributed by atoms with E-state index in [2.05, 4.69) is 6.58 Å². The summed E-state index contributed by atoms with van der Waals surface area (Å²) >= 11 is 0. The molecular weight excluding hydrogens is 162 g/mol. The molecule has 1 aromatic rings. The zero-order valence-corrected chi connectivity index (χ0v) is 7.62. The number of benzene rings is 1. The fourth-order valence-electron chi connectivity index (χ4n) is 0.989. The Kier molecular flexibility index (Phi) is 2.82. The highest BCUT2D eigenvalue weighted by atomic mass is 15.4. The van der Waals surface area contributed by atoms with Gasteiger partial charge in [-0.15, -0.1) is 0 Å². The molecule has 1 aromatic carbocycles. The average Bonchev–Trinajstić information content (AvgIpc) is 2.17. The molecule has 0 heterocycles. The van der Waals surface area contributed by atoms with Crippen molar-refractivity contribution in [3.63, 3.8) is 0 Å². The highest BCUT2D eigenvalue weighted by molar-refractivity contribution is 6.19. The standard InChI is InChI=1S/C10H13N3/c1-8(10(11)13(2)12)9-6-4-3-5-7-9/h3-7,11H,1,12H2,2H3. The third kappa shape index (κ3) is 2.16. The van der Waals surface area contributed by atoms with Gasteiger partial charge in [-0.3, -0.25) is 10.4 Å².